The van der Waals surface area contributed by atoms with E-state index < -0.39 is 97.5 Å². The molecule has 0 radical (unpaired) electrons. The molecule has 0 bridgehead atoms. The maximum absolute atomic E-state index is 13.1. The molecule has 592 valence electrons. The van der Waals surface area contributed by atoms with E-state index in [4.69, 9.17) is 37.0 Å². The van der Waals surface area contributed by atoms with Crippen LogP contribution in [0.5, 0.6) is 0 Å². The largest absolute Gasteiger partial charge is 0.472 e. The lowest BCUT2D eigenvalue weighted by atomic mass is 10.1. The van der Waals surface area contributed by atoms with Crippen LogP contribution in [-0.2, 0) is 65.4 Å². The summed E-state index contributed by atoms with van der Waals surface area (Å²) in [7, 11) is -9.96. The van der Waals surface area contributed by atoms with Crippen molar-refractivity contribution >= 4 is 39.5 Å². The van der Waals surface area contributed by atoms with Crippen molar-refractivity contribution in [2.45, 2.75) is 380 Å². The smallest absolute Gasteiger partial charge is 0.462 e. The lowest BCUT2D eigenvalue weighted by Crippen LogP contribution is -2.30. The van der Waals surface area contributed by atoms with E-state index in [-0.39, 0.29) is 25.7 Å². The Hall–Kier alpha value is -3.76. The van der Waals surface area contributed by atoms with Gasteiger partial charge in [-0.2, -0.15) is 0 Å². The highest BCUT2D eigenvalue weighted by atomic mass is 31.2. The highest BCUT2D eigenvalue weighted by Gasteiger charge is 2.30. The normalized spacial score (nSPS) is 14.3. The Morgan fingerprint density at radius 1 is 0.284 bits per heavy atom. The van der Waals surface area contributed by atoms with Gasteiger partial charge >= 0.3 is 39.5 Å². The number of hydrogen-bond donors (Lipinski definition) is 3. The SMILES string of the molecule is CC/C=C\C/C=C\C/C=C\C/C=C\CCCCCCCCC(=O)OCC(COP(=O)(O)OCC(O)COP(=O)(O)OCC(COC(=O)CCCCCCC/C=C\CCCCCCCC)OC(=O)CCCCCCC/C=C\CCCCCCCC)OC(=O)CCCCCCC/C=C\CCCCCC. The van der Waals surface area contributed by atoms with Gasteiger partial charge in [0, 0.05) is 25.7 Å². The van der Waals surface area contributed by atoms with Crippen LogP contribution in [0.1, 0.15) is 362 Å². The summed E-state index contributed by atoms with van der Waals surface area (Å²) in [6, 6.07) is 0. The molecule has 0 aromatic carbocycles. The second-order valence-electron chi connectivity index (χ2n) is 27.3. The number of hydrogen-bond acceptors (Lipinski definition) is 15. The van der Waals surface area contributed by atoms with E-state index in [1.807, 2.05) is 0 Å². The standard InChI is InChI=1S/C83H148O17P2/c1-5-9-13-17-21-25-29-33-36-37-38-39-42-45-48-52-56-60-64-68-81(86)94-73-78(99-82(87)69-65-61-57-53-49-43-32-28-24-20-16-12-8-4)75-97-101(89,90)95-71-77(84)72-96-102(91,92)98-76-79(100-83(88)70-66-62-58-54-50-46-41-35-31-27-23-19-15-11-7-3)74-93-80(85)67-63-59-55-51-47-44-40-34-30-26-22-18-14-10-6-2/h9,13,21,25,28,32-36,38-41,77-79,84H,5-8,10-12,14-20,22-24,26-27,29-31,37,42-76H2,1-4H3,(H,89,90)(H,91,92)/b13-9-,25-21-,32-28-,36-33-,39-38-,40-34-,41-35-. The van der Waals surface area contributed by atoms with Crippen molar-refractivity contribution in [2.24, 2.45) is 0 Å². The first-order valence-electron chi connectivity index (χ1n) is 40.8. The summed E-state index contributed by atoms with van der Waals surface area (Å²) in [5.74, 6) is -2.19. The minimum atomic E-state index is -4.98. The first-order valence-corrected chi connectivity index (χ1v) is 43.8. The van der Waals surface area contributed by atoms with Gasteiger partial charge in [-0.1, -0.05) is 280 Å². The van der Waals surface area contributed by atoms with Gasteiger partial charge in [-0.05, 0) is 141 Å². The lowest BCUT2D eigenvalue weighted by molar-refractivity contribution is -0.161. The van der Waals surface area contributed by atoms with Crippen LogP contribution in [0.25, 0.3) is 0 Å². The molecular weight excluding hydrogens is 1330 g/mol. The number of ether oxygens (including phenoxy) is 4. The molecule has 0 fully saturated rings. The minimum absolute atomic E-state index is 0.0825. The van der Waals surface area contributed by atoms with Gasteiger partial charge < -0.3 is 33.8 Å². The van der Waals surface area contributed by atoms with Crippen LogP contribution in [0.15, 0.2) is 85.1 Å². The van der Waals surface area contributed by atoms with Crippen molar-refractivity contribution < 1.29 is 80.2 Å². The van der Waals surface area contributed by atoms with Crippen molar-refractivity contribution in [3.05, 3.63) is 85.1 Å². The fourth-order valence-electron chi connectivity index (χ4n) is 11.1. The van der Waals surface area contributed by atoms with E-state index in [0.29, 0.717) is 25.7 Å². The molecule has 5 atom stereocenters. The predicted octanol–water partition coefficient (Wildman–Crippen LogP) is 23.8. The fourth-order valence-corrected chi connectivity index (χ4v) is 12.7. The van der Waals surface area contributed by atoms with Crippen LogP contribution in [0.3, 0.4) is 0 Å². The summed E-state index contributed by atoms with van der Waals surface area (Å²) < 4.78 is 68.6. The average Bonchev–Trinajstić information content (AvgIpc) is 0.908. The molecule has 0 saturated carbocycles. The third-order valence-electron chi connectivity index (χ3n) is 17.3. The molecule has 19 heteroatoms. The second kappa shape index (κ2) is 75.5. The van der Waals surface area contributed by atoms with Crippen molar-refractivity contribution in [2.75, 3.05) is 39.6 Å². The Labute approximate surface area is 621 Å². The molecule has 0 spiro atoms. The van der Waals surface area contributed by atoms with Crippen molar-refractivity contribution in [1.29, 1.82) is 0 Å². The topological polar surface area (TPSA) is 237 Å². The van der Waals surface area contributed by atoms with Gasteiger partial charge in [0.25, 0.3) is 0 Å². The zero-order valence-electron chi connectivity index (χ0n) is 64.8. The van der Waals surface area contributed by atoms with Crippen molar-refractivity contribution in [3.8, 4) is 0 Å². The number of aliphatic hydroxyl groups excluding tert-OH is 1. The van der Waals surface area contributed by atoms with Gasteiger partial charge in [0.05, 0.1) is 26.4 Å². The molecule has 0 aromatic rings. The van der Waals surface area contributed by atoms with E-state index in [1.54, 1.807) is 0 Å². The number of phosphoric acid groups is 2. The third-order valence-corrected chi connectivity index (χ3v) is 19.2. The van der Waals surface area contributed by atoms with Crippen LogP contribution in [-0.4, -0.2) is 96.7 Å². The highest BCUT2D eigenvalue weighted by Crippen LogP contribution is 2.45. The molecule has 102 heavy (non-hydrogen) atoms. The quantitative estimate of drug-likeness (QED) is 0.0169. The molecule has 17 nitrogen and oxygen atoms in total. The molecule has 0 heterocycles. The lowest BCUT2D eigenvalue weighted by Gasteiger charge is -2.21. The number of phosphoric ester groups is 2. The Morgan fingerprint density at radius 2 is 0.510 bits per heavy atom. The van der Waals surface area contributed by atoms with E-state index in [0.717, 1.165) is 180 Å². The van der Waals surface area contributed by atoms with Crippen LogP contribution in [0.2, 0.25) is 0 Å². The van der Waals surface area contributed by atoms with Gasteiger partial charge in [0.1, 0.15) is 19.3 Å². The summed E-state index contributed by atoms with van der Waals surface area (Å²) in [6.45, 7) is 4.75. The number of esters is 4. The maximum Gasteiger partial charge on any atom is 0.472 e. The molecule has 5 unspecified atom stereocenters. The summed E-state index contributed by atoms with van der Waals surface area (Å²) in [6.07, 6.45) is 78.4. The summed E-state index contributed by atoms with van der Waals surface area (Å²) >= 11 is 0. The van der Waals surface area contributed by atoms with E-state index in [2.05, 4.69) is 113 Å². The number of allylic oxidation sites excluding steroid dienone is 14. The molecule has 0 saturated heterocycles. The summed E-state index contributed by atoms with van der Waals surface area (Å²) in [5, 5.41) is 10.6. The monoisotopic (exact) mass is 1480 g/mol. The Bertz CT molecular complexity index is 2260. The van der Waals surface area contributed by atoms with Crippen LogP contribution >= 0.6 is 15.6 Å². The van der Waals surface area contributed by atoms with E-state index >= 15 is 0 Å². The van der Waals surface area contributed by atoms with Gasteiger partial charge in [-0.3, -0.25) is 37.3 Å². The van der Waals surface area contributed by atoms with Gasteiger partial charge in [0.15, 0.2) is 12.2 Å². The van der Waals surface area contributed by atoms with Crippen molar-refractivity contribution in [3.63, 3.8) is 0 Å². The molecular formula is C83H148O17P2. The van der Waals surface area contributed by atoms with Gasteiger partial charge in [-0.15, -0.1) is 0 Å². The average molecular weight is 1480 g/mol. The highest BCUT2D eigenvalue weighted by molar-refractivity contribution is 7.47. The molecule has 0 aliphatic rings. The zero-order valence-corrected chi connectivity index (χ0v) is 66.6. The number of aliphatic hydroxyl groups is 1. The second-order valence-corrected chi connectivity index (χ2v) is 30.2. The number of carbonyl (C=O) groups excluding carboxylic acids is 4. The zero-order chi connectivity index (χ0) is 74.6. The van der Waals surface area contributed by atoms with Gasteiger partial charge in [0.2, 0.25) is 0 Å². The van der Waals surface area contributed by atoms with Crippen LogP contribution in [0, 0.1) is 0 Å². The first kappa shape index (κ1) is 98.2. The van der Waals surface area contributed by atoms with E-state index in [1.165, 1.54) is 103 Å². The van der Waals surface area contributed by atoms with Gasteiger partial charge in [-0.25, -0.2) is 9.13 Å². The van der Waals surface area contributed by atoms with Crippen molar-refractivity contribution in [1.82, 2.24) is 0 Å². The number of unbranched alkanes of at least 4 members (excludes halogenated alkanes) is 37. The van der Waals surface area contributed by atoms with Crippen LogP contribution < -0.4 is 0 Å². The minimum Gasteiger partial charge on any atom is -0.462 e. The Kier molecular flexibility index (Phi) is 72.7. The molecule has 3 N–H and O–H groups in total. The van der Waals surface area contributed by atoms with Crippen LogP contribution in [0.4, 0.5) is 0 Å². The number of rotatable bonds is 77. The Balaban J connectivity index is 5.34. The molecule has 0 aliphatic carbocycles. The third kappa shape index (κ3) is 74.5. The molecule has 0 amide bonds. The Morgan fingerprint density at radius 3 is 0.804 bits per heavy atom. The van der Waals surface area contributed by atoms with E-state index in [9.17, 15) is 43.2 Å². The first-order chi connectivity index (χ1) is 49.7. The fraction of sp³-hybridized carbons (Fsp3) is 0.783. The summed E-state index contributed by atoms with van der Waals surface area (Å²) in [5.41, 5.74) is 0. The molecule has 0 aromatic heterocycles. The molecule has 0 rings (SSSR count). The predicted molar refractivity (Wildman–Crippen MR) is 418 cm³/mol. The summed E-state index contributed by atoms with van der Waals surface area (Å²) in [4.78, 5) is 73.0. The molecule has 0 aliphatic heterocycles. The maximum atomic E-state index is 13.1. The number of carbonyl (C=O) groups is 4.